The minimum absolute atomic E-state index is 0.0351. The lowest BCUT2D eigenvalue weighted by Gasteiger charge is -2.35. The molecule has 1 aliphatic carbocycles. The van der Waals surface area contributed by atoms with Gasteiger partial charge in [-0.05, 0) is 54.8 Å². The van der Waals surface area contributed by atoms with Crippen molar-refractivity contribution in [2.45, 2.75) is 26.3 Å². The van der Waals surface area contributed by atoms with Gasteiger partial charge in [-0.25, -0.2) is 4.79 Å². The standard InChI is InChI=1S/C28H33ClN6O6S/c1-28(6-7-28)18-41-25-24(17-31-35(26(25)36)23-5-3-4-21(29)15-23)33-8-10-34(11-9-33)42(38,39)32-16-19-12-20(27(37)40-2)14-22(30)13-19/h3-5,12-15,17,32H,6-11,16,18,30H2,1-2H3. The molecule has 3 aromatic rings. The Labute approximate surface area is 249 Å². The summed E-state index contributed by atoms with van der Waals surface area (Å²) in [5.74, 6) is -0.387. The van der Waals surface area contributed by atoms with Crippen LogP contribution in [-0.2, 0) is 21.5 Å². The first kappa shape index (κ1) is 29.8. The van der Waals surface area contributed by atoms with E-state index < -0.39 is 21.7 Å². The van der Waals surface area contributed by atoms with Gasteiger partial charge in [0.25, 0.3) is 10.2 Å². The molecule has 2 heterocycles. The number of rotatable bonds is 10. The monoisotopic (exact) mass is 616 g/mol. The Morgan fingerprint density at radius 1 is 1.14 bits per heavy atom. The zero-order valence-corrected chi connectivity index (χ0v) is 24.9. The van der Waals surface area contributed by atoms with E-state index >= 15 is 0 Å². The molecule has 0 amide bonds. The van der Waals surface area contributed by atoms with Crippen LogP contribution in [0.1, 0.15) is 35.7 Å². The number of benzene rings is 2. The highest BCUT2D eigenvalue weighted by molar-refractivity contribution is 7.87. The fourth-order valence-corrected chi connectivity index (χ4v) is 6.04. The number of nitrogens with two attached hydrogens (primary N) is 1. The molecule has 2 aliphatic rings. The number of aromatic nitrogens is 2. The predicted octanol–water partition coefficient (Wildman–Crippen LogP) is 2.59. The minimum atomic E-state index is -3.85. The van der Waals surface area contributed by atoms with Crippen molar-refractivity contribution in [2.24, 2.45) is 5.41 Å². The summed E-state index contributed by atoms with van der Waals surface area (Å²) in [6.07, 6.45) is 3.63. The third-order valence-corrected chi connectivity index (χ3v) is 9.24. The number of nitrogen functional groups attached to an aromatic ring is 1. The van der Waals surface area contributed by atoms with Crippen molar-refractivity contribution in [3.05, 3.63) is 75.2 Å². The van der Waals surface area contributed by atoms with Crippen LogP contribution in [0.5, 0.6) is 5.75 Å². The SMILES string of the molecule is COC(=O)c1cc(N)cc(CNS(=O)(=O)N2CCN(c3cnn(-c4cccc(Cl)c4)c(=O)c3OCC3(C)CC3)CC2)c1. The first-order valence-electron chi connectivity index (χ1n) is 13.5. The summed E-state index contributed by atoms with van der Waals surface area (Å²) < 4.78 is 42.2. The number of nitrogens with zero attached hydrogens (tertiary/aromatic N) is 4. The second-order valence-corrected chi connectivity index (χ2v) is 13.0. The molecule has 12 nitrogen and oxygen atoms in total. The van der Waals surface area contributed by atoms with Crippen LogP contribution in [-0.4, -0.2) is 68.4 Å². The van der Waals surface area contributed by atoms with E-state index in [2.05, 4.69) is 16.7 Å². The van der Waals surface area contributed by atoms with E-state index in [1.54, 1.807) is 36.5 Å². The summed E-state index contributed by atoms with van der Waals surface area (Å²) in [6, 6.07) is 11.4. The van der Waals surface area contributed by atoms with E-state index in [9.17, 15) is 18.0 Å². The van der Waals surface area contributed by atoms with Gasteiger partial charge in [0, 0.05) is 48.8 Å². The van der Waals surface area contributed by atoms with Crippen LogP contribution in [0.3, 0.4) is 0 Å². The number of hydrogen-bond donors (Lipinski definition) is 2. The van der Waals surface area contributed by atoms with Crippen LogP contribution in [0.25, 0.3) is 5.69 Å². The Morgan fingerprint density at radius 2 is 1.88 bits per heavy atom. The van der Waals surface area contributed by atoms with Gasteiger partial charge in [-0.3, -0.25) is 4.79 Å². The van der Waals surface area contributed by atoms with Gasteiger partial charge >= 0.3 is 11.5 Å². The first-order chi connectivity index (χ1) is 20.0. The highest BCUT2D eigenvalue weighted by Crippen LogP contribution is 2.45. The van der Waals surface area contributed by atoms with Gasteiger partial charge in [-0.2, -0.15) is 27.2 Å². The second-order valence-electron chi connectivity index (χ2n) is 10.8. The molecule has 0 spiro atoms. The van der Waals surface area contributed by atoms with Crippen molar-refractivity contribution in [1.82, 2.24) is 18.8 Å². The molecule has 42 heavy (non-hydrogen) atoms. The molecular formula is C28H33ClN6O6S. The lowest BCUT2D eigenvalue weighted by atomic mass is 10.1. The molecule has 5 rings (SSSR count). The van der Waals surface area contributed by atoms with Crippen LogP contribution in [0.4, 0.5) is 11.4 Å². The average Bonchev–Trinajstić information content (AvgIpc) is 3.71. The Balaban J connectivity index is 1.30. The van der Waals surface area contributed by atoms with E-state index in [1.807, 2.05) is 4.90 Å². The zero-order valence-electron chi connectivity index (χ0n) is 23.4. The average molecular weight is 617 g/mol. The van der Waals surface area contributed by atoms with Crippen molar-refractivity contribution in [3.8, 4) is 11.4 Å². The number of anilines is 2. The Bertz CT molecular complexity index is 1650. The van der Waals surface area contributed by atoms with E-state index in [-0.39, 0.29) is 36.4 Å². The number of carbonyl (C=O) groups is 1. The van der Waals surface area contributed by atoms with Gasteiger partial charge in [0.2, 0.25) is 5.75 Å². The molecule has 0 unspecified atom stereocenters. The molecule has 0 bridgehead atoms. The maximum atomic E-state index is 13.6. The van der Waals surface area contributed by atoms with E-state index in [4.69, 9.17) is 26.8 Å². The van der Waals surface area contributed by atoms with Gasteiger partial charge in [-0.1, -0.05) is 24.6 Å². The number of ether oxygens (including phenoxy) is 2. The number of hydrogen-bond acceptors (Lipinski definition) is 9. The van der Waals surface area contributed by atoms with Crippen LogP contribution in [0, 0.1) is 5.41 Å². The molecule has 0 radical (unpaired) electrons. The molecule has 1 aromatic heterocycles. The Hall–Kier alpha value is -3.65. The molecule has 14 heteroatoms. The van der Waals surface area contributed by atoms with Crippen molar-refractivity contribution in [2.75, 3.05) is 50.5 Å². The molecule has 2 fully saturated rings. The number of halogens is 1. The molecule has 3 N–H and O–H groups in total. The smallest absolute Gasteiger partial charge is 0.337 e. The number of methoxy groups -OCH3 is 1. The maximum absolute atomic E-state index is 13.6. The fraction of sp³-hybridized carbons (Fsp3) is 0.393. The van der Waals surface area contributed by atoms with Gasteiger partial charge < -0.3 is 20.1 Å². The van der Waals surface area contributed by atoms with Crippen molar-refractivity contribution in [1.29, 1.82) is 0 Å². The van der Waals surface area contributed by atoms with Crippen molar-refractivity contribution < 1.29 is 22.7 Å². The third-order valence-electron chi connectivity index (χ3n) is 7.45. The van der Waals surface area contributed by atoms with E-state index in [1.165, 1.54) is 28.2 Å². The van der Waals surface area contributed by atoms with Crippen molar-refractivity contribution in [3.63, 3.8) is 0 Å². The number of piperazine rings is 1. The van der Waals surface area contributed by atoms with E-state index in [0.29, 0.717) is 47.3 Å². The van der Waals surface area contributed by atoms with Crippen LogP contribution < -0.4 is 25.7 Å². The first-order valence-corrected chi connectivity index (χ1v) is 15.3. The molecular weight excluding hydrogens is 584 g/mol. The van der Waals surface area contributed by atoms with Crippen LogP contribution in [0.15, 0.2) is 53.5 Å². The summed E-state index contributed by atoms with van der Waals surface area (Å²) >= 11 is 6.14. The summed E-state index contributed by atoms with van der Waals surface area (Å²) in [5.41, 5.74) is 7.61. The van der Waals surface area contributed by atoms with Crippen molar-refractivity contribution >= 4 is 39.2 Å². The molecule has 0 atom stereocenters. The zero-order chi connectivity index (χ0) is 30.1. The molecule has 1 saturated heterocycles. The van der Waals surface area contributed by atoms with Gasteiger partial charge in [0.05, 0.1) is 31.2 Å². The number of carbonyl (C=O) groups excluding carboxylic acids is 1. The van der Waals surface area contributed by atoms with Gasteiger partial charge in [0.15, 0.2) is 0 Å². The molecule has 224 valence electrons. The second kappa shape index (κ2) is 11.9. The van der Waals surface area contributed by atoms with Gasteiger partial charge in [-0.15, -0.1) is 0 Å². The van der Waals surface area contributed by atoms with Crippen LogP contribution >= 0.6 is 11.6 Å². The van der Waals surface area contributed by atoms with Crippen LogP contribution in [0.2, 0.25) is 5.02 Å². The largest absolute Gasteiger partial charge is 0.486 e. The predicted molar refractivity (Wildman–Crippen MR) is 159 cm³/mol. The highest BCUT2D eigenvalue weighted by atomic mass is 35.5. The molecule has 2 aromatic carbocycles. The summed E-state index contributed by atoms with van der Waals surface area (Å²) in [5, 5.41) is 4.86. The van der Waals surface area contributed by atoms with E-state index in [0.717, 1.165) is 12.8 Å². The molecule has 1 aliphatic heterocycles. The summed E-state index contributed by atoms with van der Waals surface area (Å²) in [4.78, 5) is 27.4. The lowest BCUT2D eigenvalue weighted by molar-refractivity contribution is 0.0600. The summed E-state index contributed by atoms with van der Waals surface area (Å²) in [6.45, 7) is 3.44. The quantitative estimate of drug-likeness (QED) is 0.259. The number of esters is 1. The van der Waals surface area contributed by atoms with Gasteiger partial charge in [0.1, 0.15) is 5.69 Å². The minimum Gasteiger partial charge on any atom is -0.486 e. The normalized spacial score (nSPS) is 16.7. The third kappa shape index (κ3) is 6.70. The Kier molecular flexibility index (Phi) is 8.46. The highest BCUT2D eigenvalue weighted by Gasteiger charge is 2.39. The topological polar surface area (TPSA) is 149 Å². The lowest BCUT2D eigenvalue weighted by Crippen LogP contribution is -2.52. The molecule has 1 saturated carbocycles. The Morgan fingerprint density at radius 3 is 2.55 bits per heavy atom. The fourth-order valence-electron chi connectivity index (χ4n) is 4.68. The maximum Gasteiger partial charge on any atom is 0.337 e. The summed E-state index contributed by atoms with van der Waals surface area (Å²) in [7, 11) is -2.59. The number of nitrogens with one attached hydrogen (secondary N) is 1.